The first kappa shape index (κ1) is 28.6. The summed E-state index contributed by atoms with van der Waals surface area (Å²) in [4.78, 5) is 17.9. The topological polar surface area (TPSA) is 64.0 Å². The van der Waals surface area contributed by atoms with Gasteiger partial charge in [-0.15, -0.1) is 0 Å². The van der Waals surface area contributed by atoms with Crippen LogP contribution in [0, 0.1) is 0 Å². The van der Waals surface area contributed by atoms with Crippen molar-refractivity contribution in [1.29, 1.82) is 0 Å². The molecular weight excluding hydrogens is 460 g/mol. The van der Waals surface area contributed by atoms with E-state index in [2.05, 4.69) is 49.6 Å². The minimum atomic E-state index is -0.659. The molecule has 1 unspecified atom stereocenters. The zero-order valence-corrected chi connectivity index (χ0v) is 23.3. The molecule has 2 aromatic rings. The molecule has 0 bridgehead atoms. The number of benzene rings is 2. The summed E-state index contributed by atoms with van der Waals surface area (Å²) in [5.74, 6) is -0.713. The Hall–Kier alpha value is -2.95. The summed E-state index contributed by atoms with van der Waals surface area (Å²) in [6.45, 7) is 12.7. The molecule has 1 aliphatic rings. The number of Topliss-reactive ketones (excluding diaryl/α,β-unsaturated/α-hetero) is 1. The standard InChI is InChI=1S/C32H46N2O3/c1-5-9-19-33(20-10-6-2)25-15-13-24(14-16-25)29-31(36)30(32(29)37)27-18-17-26(23-28(27)35)34(21-11-7-3)22-12-8-4/h13-18,23,29,35-36H,5-12,19-22H2,1-4H3. The molecule has 0 fully saturated rings. The van der Waals surface area contributed by atoms with E-state index in [1.54, 1.807) is 12.1 Å². The SMILES string of the molecule is CCCCN(CCCC)c1ccc(C2C(=O)C(c3ccc(N(CCCC)CCCC)cc3O)=C2O)cc1. The predicted molar refractivity (Wildman–Crippen MR) is 156 cm³/mol. The zero-order valence-electron chi connectivity index (χ0n) is 23.3. The number of anilines is 2. The summed E-state index contributed by atoms with van der Waals surface area (Å²) >= 11 is 0. The maximum absolute atomic E-state index is 13.2. The Labute approximate surface area is 223 Å². The second-order valence-corrected chi connectivity index (χ2v) is 10.2. The lowest BCUT2D eigenvalue weighted by Crippen LogP contribution is -2.29. The van der Waals surface area contributed by atoms with Crippen molar-refractivity contribution in [3.63, 3.8) is 0 Å². The number of hydrogen-bond donors (Lipinski definition) is 2. The first-order valence-electron chi connectivity index (χ1n) is 14.4. The number of aliphatic hydroxyl groups is 1. The van der Waals surface area contributed by atoms with Crippen LogP contribution in [0.3, 0.4) is 0 Å². The normalized spacial score (nSPS) is 15.1. The van der Waals surface area contributed by atoms with Gasteiger partial charge >= 0.3 is 0 Å². The molecule has 2 N–H and O–H groups in total. The Kier molecular flexibility index (Phi) is 10.9. The van der Waals surface area contributed by atoms with E-state index in [0.29, 0.717) is 5.56 Å². The van der Waals surface area contributed by atoms with Crippen LogP contribution in [-0.4, -0.2) is 42.2 Å². The molecule has 0 aliphatic heterocycles. The highest BCUT2D eigenvalue weighted by Crippen LogP contribution is 2.46. The largest absolute Gasteiger partial charge is 0.510 e. The van der Waals surface area contributed by atoms with Gasteiger partial charge in [0.1, 0.15) is 17.4 Å². The molecule has 37 heavy (non-hydrogen) atoms. The molecule has 0 saturated carbocycles. The number of rotatable bonds is 16. The predicted octanol–water partition coefficient (Wildman–Crippen LogP) is 7.84. The third-order valence-electron chi connectivity index (χ3n) is 7.37. The Morgan fingerprint density at radius 2 is 1.14 bits per heavy atom. The van der Waals surface area contributed by atoms with E-state index < -0.39 is 5.92 Å². The van der Waals surface area contributed by atoms with Crippen LogP contribution < -0.4 is 9.80 Å². The lowest BCUT2D eigenvalue weighted by Gasteiger charge is -2.30. The number of allylic oxidation sites excluding steroid dienone is 2. The number of phenols is 1. The maximum Gasteiger partial charge on any atom is 0.182 e. The third kappa shape index (κ3) is 6.88. The van der Waals surface area contributed by atoms with E-state index in [4.69, 9.17) is 0 Å². The van der Waals surface area contributed by atoms with Crippen LogP contribution >= 0.6 is 0 Å². The summed E-state index contributed by atoms with van der Waals surface area (Å²) in [5.41, 5.74) is 3.56. The summed E-state index contributed by atoms with van der Waals surface area (Å²) in [7, 11) is 0. The highest BCUT2D eigenvalue weighted by Gasteiger charge is 2.42. The van der Waals surface area contributed by atoms with Gasteiger partial charge in [0.15, 0.2) is 5.78 Å². The van der Waals surface area contributed by atoms with E-state index in [1.165, 1.54) is 0 Å². The number of unbranched alkanes of at least 4 members (excludes halogenated alkanes) is 4. The number of carbonyl (C=O) groups is 1. The second kappa shape index (κ2) is 14.1. The van der Waals surface area contributed by atoms with E-state index in [9.17, 15) is 15.0 Å². The molecule has 202 valence electrons. The van der Waals surface area contributed by atoms with Crippen molar-refractivity contribution < 1.29 is 15.0 Å². The van der Waals surface area contributed by atoms with E-state index >= 15 is 0 Å². The van der Waals surface area contributed by atoms with E-state index in [1.807, 2.05) is 18.2 Å². The van der Waals surface area contributed by atoms with Gasteiger partial charge in [-0.05, 0) is 55.5 Å². The van der Waals surface area contributed by atoms with Crippen molar-refractivity contribution in [2.24, 2.45) is 0 Å². The number of hydrogen-bond acceptors (Lipinski definition) is 5. The number of nitrogens with zero attached hydrogens (tertiary/aromatic N) is 2. The van der Waals surface area contributed by atoms with Gasteiger partial charge in [-0.1, -0.05) is 65.5 Å². The highest BCUT2D eigenvalue weighted by atomic mass is 16.3. The molecule has 5 nitrogen and oxygen atoms in total. The van der Waals surface area contributed by atoms with E-state index in [-0.39, 0.29) is 22.9 Å². The summed E-state index contributed by atoms with van der Waals surface area (Å²) in [5, 5.41) is 21.7. The lowest BCUT2D eigenvalue weighted by atomic mass is 9.74. The highest BCUT2D eigenvalue weighted by molar-refractivity contribution is 6.32. The van der Waals surface area contributed by atoms with Crippen molar-refractivity contribution in [3.8, 4) is 5.75 Å². The van der Waals surface area contributed by atoms with Gasteiger partial charge in [0.25, 0.3) is 0 Å². The quantitative estimate of drug-likeness (QED) is 0.243. The molecule has 2 aromatic carbocycles. The third-order valence-corrected chi connectivity index (χ3v) is 7.37. The minimum Gasteiger partial charge on any atom is -0.510 e. The van der Waals surface area contributed by atoms with Gasteiger partial charge in [0.05, 0.1) is 5.57 Å². The van der Waals surface area contributed by atoms with Crippen LogP contribution in [0.25, 0.3) is 5.57 Å². The van der Waals surface area contributed by atoms with E-state index in [0.717, 1.165) is 94.5 Å². The summed E-state index contributed by atoms with van der Waals surface area (Å²) in [6.07, 6.45) is 9.01. The smallest absolute Gasteiger partial charge is 0.182 e. The van der Waals surface area contributed by atoms with Gasteiger partial charge in [-0.3, -0.25) is 4.79 Å². The molecule has 5 heteroatoms. The van der Waals surface area contributed by atoms with Crippen molar-refractivity contribution in [3.05, 3.63) is 59.4 Å². The van der Waals surface area contributed by atoms with Crippen LogP contribution in [0.15, 0.2) is 48.2 Å². The van der Waals surface area contributed by atoms with Crippen molar-refractivity contribution >= 4 is 22.7 Å². The Morgan fingerprint density at radius 3 is 1.57 bits per heavy atom. The molecule has 0 heterocycles. The number of ketones is 1. The molecule has 0 spiro atoms. The monoisotopic (exact) mass is 506 g/mol. The van der Waals surface area contributed by atoms with Gasteiger partial charge < -0.3 is 20.0 Å². The van der Waals surface area contributed by atoms with Crippen LogP contribution in [-0.2, 0) is 4.79 Å². The van der Waals surface area contributed by atoms with Gasteiger partial charge in [-0.25, -0.2) is 0 Å². The number of phenolic OH excluding ortho intramolecular Hbond substituents is 1. The fraction of sp³-hybridized carbons (Fsp3) is 0.531. The van der Waals surface area contributed by atoms with Crippen LogP contribution in [0.4, 0.5) is 11.4 Å². The fourth-order valence-corrected chi connectivity index (χ4v) is 4.98. The Morgan fingerprint density at radius 1 is 0.676 bits per heavy atom. The molecule has 1 atom stereocenters. The molecule has 0 amide bonds. The molecule has 0 aromatic heterocycles. The maximum atomic E-state index is 13.2. The minimum absolute atomic E-state index is 0.0432. The lowest BCUT2D eigenvalue weighted by molar-refractivity contribution is -0.116. The van der Waals surface area contributed by atoms with Crippen molar-refractivity contribution in [1.82, 2.24) is 0 Å². The van der Waals surface area contributed by atoms with Gasteiger partial charge in [0.2, 0.25) is 0 Å². The fourth-order valence-electron chi connectivity index (χ4n) is 4.98. The number of aromatic hydroxyl groups is 1. The van der Waals surface area contributed by atoms with Crippen molar-refractivity contribution in [2.75, 3.05) is 36.0 Å². The molecule has 1 aliphatic carbocycles. The van der Waals surface area contributed by atoms with Crippen LogP contribution in [0.1, 0.15) is 96.1 Å². The molecule has 0 radical (unpaired) electrons. The van der Waals surface area contributed by atoms with Gasteiger partial charge in [-0.2, -0.15) is 0 Å². The summed E-state index contributed by atoms with van der Waals surface area (Å²) < 4.78 is 0. The molecule has 3 rings (SSSR count). The number of carbonyl (C=O) groups excluding carboxylic acids is 1. The molecular formula is C32H46N2O3. The average Bonchev–Trinajstić information content (AvgIpc) is 2.91. The Bertz CT molecular complexity index is 1030. The average molecular weight is 507 g/mol. The van der Waals surface area contributed by atoms with Gasteiger partial charge in [0, 0.05) is 49.2 Å². The number of aliphatic hydroxyl groups excluding tert-OH is 1. The van der Waals surface area contributed by atoms with Crippen molar-refractivity contribution in [2.45, 2.75) is 85.0 Å². The second-order valence-electron chi connectivity index (χ2n) is 10.2. The Balaban J connectivity index is 1.79. The van der Waals surface area contributed by atoms with Crippen LogP contribution in [0.2, 0.25) is 0 Å². The summed E-state index contributed by atoms with van der Waals surface area (Å²) in [6, 6.07) is 13.5. The first-order chi connectivity index (χ1) is 18.0. The zero-order chi connectivity index (χ0) is 26.8. The van der Waals surface area contributed by atoms with Crippen LogP contribution in [0.5, 0.6) is 5.75 Å². The molecule has 0 saturated heterocycles. The first-order valence-corrected chi connectivity index (χ1v) is 14.4.